The number of hydrogen-bond acceptors (Lipinski definition) is 3. The molecule has 0 aliphatic heterocycles. The number of esters is 1. The van der Waals surface area contributed by atoms with E-state index in [-0.39, 0.29) is 17.5 Å². The molecule has 0 aromatic heterocycles. The van der Waals surface area contributed by atoms with Crippen LogP contribution in [0.1, 0.15) is 85.0 Å². The number of aliphatic hydroxyl groups excluding tert-OH is 1. The first kappa shape index (κ1) is 21.6. The van der Waals surface area contributed by atoms with Gasteiger partial charge in [-0.05, 0) is 97.7 Å². The third-order valence-corrected chi connectivity index (χ3v) is 10.7. The minimum atomic E-state index is -0.199. The summed E-state index contributed by atoms with van der Waals surface area (Å²) in [4.78, 5) is 11.7. The van der Waals surface area contributed by atoms with Crippen LogP contribution in [0.15, 0.2) is 0 Å². The molecule has 0 amide bonds. The SMILES string of the molecule is COC(=O)CCC(C)C1CCC2C3CCC4CC([NH3+])CCC4(C)C3CC(O)C12C. The van der Waals surface area contributed by atoms with Crippen LogP contribution in [0.2, 0.25) is 0 Å². The number of carbonyl (C=O) groups is 1. The third kappa shape index (κ3) is 3.37. The van der Waals surface area contributed by atoms with Crippen LogP contribution in [-0.4, -0.2) is 30.3 Å². The largest absolute Gasteiger partial charge is 0.469 e. The molecule has 10 unspecified atom stereocenters. The minimum absolute atomic E-state index is 0.0173. The fourth-order valence-corrected chi connectivity index (χ4v) is 8.92. The molecule has 166 valence electrons. The van der Waals surface area contributed by atoms with E-state index in [4.69, 9.17) is 4.74 Å². The van der Waals surface area contributed by atoms with E-state index < -0.39 is 0 Å². The van der Waals surface area contributed by atoms with Gasteiger partial charge in [0.2, 0.25) is 0 Å². The maximum absolute atomic E-state index is 11.7. The van der Waals surface area contributed by atoms with Gasteiger partial charge in [-0.1, -0.05) is 20.8 Å². The van der Waals surface area contributed by atoms with Gasteiger partial charge in [0.25, 0.3) is 0 Å². The van der Waals surface area contributed by atoms with Crippen molar-refractivity contribution in [1.82, 2.24) is 0 Å². The molecule has 4 saturated carbocycles. The number of ether oxygens (including phenoxy) is 1. The average Bonchev–Trinajstić information content (AvgIpc) is 3.06. The van der Waals surface area contributed by atoms with Crippen LogP contribution in [0.25, 0.3) is 0 Å². The Balaban J connectivity index is 1.53. The van der Waals surface area contributed by atoms with Crippen molar-refractivity contribution < 1.29 is 20.4 Å². The lowest BCUT2D eigenvalue weighted by atomic mass is 9.43. The summed E-state index contributed by atoms with van der Waals surface area (Å²) in [7, 11) is 1.48. The van der Waals surface area contributed by atoms with Crippen LogP contribution in [0.5, 0.6) is 0 Å². The van der Waals surface area contributed by atoms with Gasteiger partial charge >= 0.3 is 5.97 Å². The minimum Gasteiger partial charge on any atom is -0.469 e. The van der Waals surface area contributed by atoms with Crippen LogP contribution in [0.4, 0.5) is 0 Å². The predicted molar refractivity (Wildman–Crippen MR) is 114 cm³/mol. The van der Waals surface area contributed by atoms with Crippen LogP contribution < -0.4 is 5.73 Å². The van der Waals surface area contributed by atoms with Gasteiger partial charge in [-0.25, -0.2) is 0 Å². The molecule has 4 N–H and O–H groups in total. The number of methoxy groups -OCH3 is 1. The fraction of sp³-hybridized carbons (Fsp3) is 0.960. The van der Waals surface area contributed by atoms with Gasteiger partial charge in [-0.3, -0.25) is 4.79 Å². The van der Waals surface area contributed by atoms with Crippen molar-refractivity contribution in [2.24, 2.45) is 46.3 Å². The first-order valence-corrected chi connectivity index (χ1v) is 12.3. The molecule has 4 fully saturated rings. The first-order valence-electron chi connectivity index (χ1n) is 12.3. The van der Waals surface area contributed by atoms with E-state index in [2.05, 4.69) is 26.5 Å². The monoisotopic (exact) mass is 406 g/mol. The molecule has 4 heteroatoms. The highest BCUT2D eigenvalue weighted by Gasteiger charge is 2.63. The summed E-state index contributed by atoms with van der Waals surface area (Å²) < 4.78 is 4.86. The number of quaternary nitrogens is 1. The standard InChI is InChI=1S/C25H43NO3/c1-15(5-10-23(28)29-4)19-8-9-20-18-7-6-16-13-17(26)11-12-24(16,2)21(18)14-22(27)25(19,20)3/h15-22,27H,5-14,26H2,1-4H3/p+1. The Morgan fingerprint density at radius 1 is 1.14 bits per heavy atom. The van der Waals surface area contributed by atoms with E-state index in [1.165, 1.54) is 52.1 Å². The molecule has 0 heterocycles. The molecule has 4 aliphatic rings. The molecular weight excluding hydrogens is 362 g/mol. The Hall–Kier alpha value is -0.610. The number of carbonyl (C=O) groups excluding carboxylic acids is 1. The highest BCUT2D eigenvalue weighted by molar-refractivity contribution is 5.69. The maximum Gasteiger partial charge on any atom is 0.305 e. The van der Waals surface area contributed by atoms with Crippen LogP contribution in [0.3, 0.4) is 0 Å². The zero-order chi connectivity index (χ0) is 21.0. The Morgan fingerprint density at radius 3 is 2.62 bits per heavy atom. The molecule has 0 spiro atoms. The lowest BCUT2D eigenvalue weighted by molar-refractivity contribution is -0.433. The summed E-state index contributed by atoms with van der Waals surface area (Å²) in [6.45, 7) is 7.25. The smallest absolute Gasteiger partial charge is 0.305 e. The zero-order valence-corrected chi connectivity index (χ0v) is 19.2. The van der Waals surface area contributed by atoms with Crippen molar-refractivity contribution in [1.29, 1.82) is 0 Å². The third-order valence-electron chi connectivity index (χ3n) is 10.7. The lowest BCUT2D eigenvalue weighted by Crippen LogP contribution is -2.66. The Kier molecular flexibility index (Phi) is 5.83. The van der Waals surface area contributed by atoms with E-state index in [0.29, 0.717) is 41.5 Å². The normalized spacial score (nSPS) is 50.2. The number of hydrogen-bond donors (Lipinski definition) is 2. The van der Waals surface area contributed by atoms with E-state index >= 15 is 0 Å². The summed E-state index contributed by atoms with van der Waals surface area (Å²) in [5.41, 5.74) is 4.81. The second kappa shape index (κ2) is 7.82. The summed E-state index contributed by atoms with van der Waals surface area (Å²) in [5.74, 6) is 3.81. The molecule has 0 aromatic rings. The molecule has 0 radical (unpaired) electrons. The molecule has 10 atom stereocenters. The van der Waals surface area contributed by atoms with E-state index in [1.54, 1.807) is 0 Å². The summed E-state index contributed by atoms with van der Waals surface area (Å²) in [5, 5.41) is 11.6. The molecule has 0 bridgehead atoms. The van der Waals surface area contributed by atoms with Gasteiger partial charge in [-0.15, -0.1) is 0 Å². The van der Waals surface area contributed by atoms with E-state index in [0.717, 1.165) is 24.7 Å². The Labute approximate surface area is 177 Å². The number of fused-ring (bicyclic) bond motifs is 5. The van der Waals surface area contributed by atoms with Crippen molar-refractivity contribution in [3.8, 4) is 0 Å². The summed E-state index contributed by atoms with van der Waals surface area (Å²) >= 11 is 0. The van der Waals surface area contributed by atoms with Crippen LogP contribution >= 0.6 is 0 Å². The Bertz CT molecular complexity index is 623. The number of rotatable bonds is 4. The zero-order valence-electron chi connectivity index (χ0n) is 19.2. The Morgan fingerprint density at radius 2 is 1.90 bits per heavy atom. The quantitative estimate of drug-likeness (QED) is 0.697. The maximum atomic E-state index is 11.7. The summed E-state index contributed by atoms with van der Waals surface area (Å²) in [6, 6.07) is 0.634. The van der Waals surface area contributed by atoms with Gasteiger partial charge < -0.3 is 15.6 Å². The van der Waals surface area contributed by atoms with Crippen molar-refractivity contribution in [3.05, 3.63) is 0 Å². The summed E-state index contributed by atoms with van der Waals surface area (Å²) in [6.07, 6.45) is 11.2. The van der Waals surface area contributed by atoms with Crippen molar-refractivity contribution in [2.45, 2.75) is 97.1 Å². The molecule has 0 saturated heterocycles. The van der Waals surface area contributed by atoms with Gasteiger partial charge in [-0.2, -0.15) is 0 Å². The number of aliphatic hydroxyl groups is 1. The lowest BCUT2D eigenvalue weighted by Gasteiger charge is -2.62. The molecule has 4 nitrogen and oxygen atoms in total. The highest BCUT2D eigenvalue weighted by atomic mass is 16.5. The molecule has 4 aliphatic carbocycles. The van der Waals surface area contributed by atoms with Gasteiger partial charge in [0.15, 0.2) is 0 Å². The average molecular weight is 407 g/mol. The van der Waals surface area contributed by atoms with Crippen molar-refractivity contribution in [2.75, 3.05) is 7.11 Å². The van der Waals surface area contributed by atoms with Gasteiger partial charge in [0.1, 0.15) is 0 Å². The molecule has 4 rings (SSSR count). The topological polar surface area (TPSA) is 74.2 Å². The van der Waals surface area contributed by atoms with Crippen molar-refractivity contribution >= 4 is 5.97 Å². The van der Waals surface area contributed by atoms with Crippen LogP contribution in [-0.2, 0) is 9.53 Å². The van der Waals surface area contributed by atoms with E-state index in [9.17, 15) is 9.90 Å². The molecule has 0 aromatic carbocycles. The predicted octanol–water partition coefficient (Wildman–Crippen LogP) is 3.82. The van der Waals surface area contributed by atoms with Crippen LogP contribution in [0, 0.1) is 46.3 Å². The fourth-order valence-electron chi connectivity index (χ4n) is 8.92. The van der Waals surface area contributed by atoms with E-state index in [1.807, 2.05) is 0 Å². The highest BCUT2D eigenvalue weighted by Crippen LogP contribution is 2.68. The first-order chi connectivity index (χ1) is 13.7. The van der Waals surface area contributed by atoms with Gasteiger partial charge in [0.05, 0.1) is 19.3 Å². The van der Waals surface area contributed by atoms with Gasteiger partial charge in [0, 0.05) is 12.8 Å². The second-order valence-electron chi connectivity index (χ2n) is 11.7. The molecule has 29 heavy (non-hydrogen) atoms. The van der Waals surface area contributed by atoms with Crippen molar-refractivity contribution in [3.63, 3.8) is 0 Å². The molecular formula is C25H44NO3+. The second-order valence-corrected chi connectivity index (χ2v) is 11.7.